The first-order valence-electron chi connectivity index (χ1n) is 28.0. The fourth-order valence-electron chi connectivity index (χ4n) is 12.6. The van der Waals surface area contributed by atoms with E-state index in [1.807, 2.05) is 12.2 Å². The van der Waals surface area contributed by atoms with Gasteiger partial charge in [-0.2, -0.15) is 0 Å². The van der Waals surface area contributed by atoms with Crippen LogP contribution < -0.4 is 4.90 Å². The predicted molar refractivity (Wildman–Crippen MR) is 341 cm³/mol. The van der Waals surface area contributed by atoms with Crippen molar-refractivity contribution in [3.05, 3.63) is 324 Å². The first-order valence-corrected chi connectivity index (χ1v) is 28.0. The number of anilines is 3. The molecule has 0 saturated heterocycles. The Labute approximate surface area is 471 Å². The van der Waals surface area contributed by atoms with Gasteiger partial charge in [-0.1, -0.05) is 248 Å². The van der Waals surface area contributed by atoms with Crippen molar-refractivity contribution in [3.63, 3.8) is 0 Å². The number of para-hydroxylation sites is 1. The number of hydrogen-bond acceptors (Lipinski definition) is 1. The Morgan fingerprint density at radius 2 is 0.812 bits per heavy atom. The van der Waals surface area contributed by atoms with Crippen molar-refractivity contribution >= 4 is 51.0 Å². The molecule has 386 valence electrons. The Hall–Kier alpha value is -9.50. The van der Waals surface area contributed by atoms with E-state index in [1.165, 1.54) is 83.0 Å². The van der Waals surface area contributed by atoms with Crippen molar-refractivity contribution in [1.29, 1.82) is 0 Å². The van der Waals surface area contributed by atoms with Crippen LogP contribution in [0.15, 0.2) is 274 Å². The number of hydrogen-bond donors (Lipinski definition) is 0. The smallest absolute Gasteiger partial charge is 0.0714 e. The Balaban J connectivity index is 0.971. The Morgan fingerprint density at radius 3 is 1.38 bits per heavy atom. The number of fused-ring (bicyclic) bond motifs is 6. The second-order valence-corrected chi connectivity index (χ2v) is 23.1. The predicted octanol–water partition coefficient (Wildman–Crippen LogP) is 20.9. The molecule has 2 heteroatoms. The number of nitrogens with zero attached hydrogens (tertiary/aromatic N) is 2. The van der Waals surface area contributed by atoms with Gasteiger partial charge in [0, 0.05) is 38.9 Å². The van der Waals surface area contributed by atoms with Gasteiger partial charge in [-0.25, -0.2) is 0 Å². The molecular formula is C78H64N2. The minimum Gasteiger partial charge on any atom is -0.310 e. The molecule has 1 unspecified atom stereocenters. The number of benzene rings is 11. The topological polar surface area (TPSA) is 8.17 Å². The molecule has 12 aromatic rings. The van der Waals surface area contributed by atoms with Gasteiger partial charge in [-0.05, 0) is 162 Å². The molecule has 1 aromatic heterocycles. The highest BCUT2D eigenvalue weighted by atomic mass is 15.1. The summed E-state index contributed by atoms with van der Waals surface area (Å²) in [5.74, 6) is 0. The van der Waals surface area contributed by atoms with E-state index in [2.05, 4.69) is 318 Å². The summed E-state index contributed by atoms with van der Waals surface area (Å²) in [6.45, 7) is 19.6. The van der Waals surface area contributed by atoms with Crippen LogP contribution in [0.4, 0.5) is 17.1 Å². The molecule has 1 heterocycles. The van der Waals surface area contributed by atoms with E-state index in [0.717, 1.165) is 45.0 Å². The lowest BCUT2D eigenvalue weighted by molar-refractivity contribution is 0.589. The van der Waals surface area contributed by atoms with Gasteiger partial charge in [0.15, 0.2) is 0 Å². The second-order valence-electron chi connectivity index (χ2n) is 23.1. The lowest BCUT2D eigenvalue weighted by Crippen LogP contribution is -2.29. The Morgan fingerprint density at radius 1 is 0.375 bits per heavy atom. The molecule has 0 fully saturated rings. The third-order valence-electron chi connectivity index (χ3n) is 17.1. The molecule has 0 aliphatic heterocycles. The van der Waals surface area contributed by atoms with Crippen LogP contribution >= 0.6 is 0 Å². The summed E-state index contributed by atoms with van der Waals surface area (Å²) in [5.41, 5.74) is 24.2. The molecule has 0 spiro atoms. The van der Waals surface area contributed by atoms with Crippen molar-refractivity contribution in [3.8, 4) is 39.1 Å². The van der Waals surface area contributed by atoms with Gasteiger partial charge >= 0.3 is 0 Å². The van der Waals surface area contributed by atoms with Crippen LogP contribution in [-0.2, 0) is 16.2 Å². The summed E-state index contributed by atoms with van der Waals surface area (Å²) in [6, 6.07) is 97.2. The number of aromatic nitrogens is 1. The first-order chi connectivity index (χ1) is 38.9. The van der Waals surface area contributed by atoms with Gasteiger partial charge in [0.25, 0.3) is 0 Å². The van der Waals surface area contributed by atoms with Gasteiger partial charge in [-0.3, -0.25) is 0 Å². The Bertz CT molecular complexity index is 4270. The maximum atomic E-state index is 4.13. The highest BCUT2D eigenvalue weighted by molar-refractivity contribution is 6.11. The average Bonchev–Trinajstić information content (AvgIpc) is 3.23. The molecule has 0 bridgehead atoms. The van der Waals surface area contributed by atoms with Crippen molar-refractivity contribution in [2.24, 2.45) is 0 Å². The maximum Gasteiger partial charge on any atom is 0.0714 e. The molecule has 13 rings (SSSR count). The van der Waals surface area contributed by atoms with Crippen LogP contribution in [0.25, 0.3) is 73.0 Å². The standard InChI is InChI=1S/C78H64N2/c1-8-53-24-28-55(29-25-53)57-32-48-74-70(50-57)71-51-58(33-49-75(71)80(74)64-20-14-11-15-21-64)56-30-42-65(43-31-56)79(66-44-40-61(41-45-66)77(6,7)60-18-12-10-13-19-60)67-46-47-69-68-22-16-17-23-72(68)78(73(69)52-67,62-34-26-54(9-2)27-35-62)63-38-36-59(37-39-63)76(3,4)5/h8-52H,1-2H2,3-7H3. The highest BCUT2D eigenvalue weighted by Gasteiger charge is 2.46. The third kappa shape index (κ3) is 8.42. The minimum absolute atomic E-state index is 0.0107. The number of rotatable bonds is 12. The minimum atomic E-state index is -0.601. The molecule has 1 aliphatic carbocycles. The van der Waals surface area contributed by atoms with E-state index in [4.69, 9.17) is 0 Å². The largest absolute Gasteiger partial charge is 0.310 e. The van der Waals surface area contributed by atoms with Crippen molar-refractivity contribution < 1.29 is 0 Å². The molecule has 80 heavy (non-hydrogen) atoms. The van der Waals surface area contributed by atoms with E-state index in [9.17, 15) is 0 Å². The molecule has 0 radical (unpaired) electrons. The second kappa shape index (κ2) is 19.7. The summed E-state index contributed by atoms with van der Waals surface area (Å²) in [5, 5.41) is 2.43. The monoisotopic (exact) mass is 1030 g/mol. The van der Waals surface area contributed by atoms with Gasteiger partial charge < -0.3 is 9.47 Å². The lowest BCUT2D eigenvalue weighted by atomic mass is 9.67. The first kappa shape index (κ1) is 50.0. The molecule has 1 aliphatic rings. The maximum absolute atomic E-state index is 4.13. The molecule has 1 atom stereocenters. The SMILES string of the molecule is C=Cc1ccc(-c2ccc3c(c2)c2cc(-c4ccc(N(c5ccc(C(C)(C)c6ccccc6)cc5)c5ccc6c(c5)C(c5ccc(C=C)cc5)(c5ccc(C(C)(C)C)cc5)c5ccccc5-6)cc4)ccc2n3-c2ccccc2)cc1. The van der Waals surface area contributed by atoms with E-state index in [1.54, 1.807) is 0 Å². The van der Waals surface area contributed by atoms with Gasteiger partial charge in [0.2, 0.25) is 0 Å². The van der Waals surface area contributed by atoms with Crippen molar-refractivity contribution in [2.75, 3.05) is 4.90 Å². The molecule has 2 nitrogen and oxygen atoms in total. The summed E-state index contributed by atoms with van der Waals surface area (Å²) in [6.07, 6.45) is 3.83. The van der Waals surface area contributed by atoms with Crippen molar-refractivity contribution in [2.45, 2.75) is 50.9 Å². The molecule has 0 amide bonds. The van der Waals surface area contributed by atoms with Crippen LogP contribution in [0.5, 0.6) is 0 Å². The van der Waals surface area contributed by atoms with E-state index in [0.29, 0.717) is 0 Å². The van der Waals surface area contributed by atoms with Crippen LogP contribution in [0, 0.1) is 0 Å². The van der Waals surface area contributed by atoms with Gasteiger partial charge in [0.1, 0.15) is 0 Å². The summed E-state index contributed by atoms with van der Waals surface area (Å²) < 4.78 is 2.40. The van der Waals surface area contributed by atoms with E-state index >= 15 is 0 Å². The fourth-order valence-corrected chi connectivity index (χ4v) is 12.6. The zero-order valence-corrected chi connectivity index (χ0v) is 46.3. The fraction of sp³-hybridized carbons (Fsp3) is 0.103. The highest BCUT2D eigenvalue weighted by Crippen LogP contribution is 2.57. The molecule has 11 aromatic carbocycles. The summed E-state index contributed by atoms with van der Waals surface area (Å²) >= 11 is 0. The molecule has 0 saturated carbocycles. The van der Waals surface area contributed by atoms with Gasteiger partial charge in [-0.15, -0.1) is 0 Å². The third-order valence-corrected chi connectivity index (χ3v) is 17.1. The van der Waals surface area contributed by atoms with E-state index < -0.39 is 5.41 Å². The van der Waals surface area contributed by atoms with Crippen LogP contribution in [0.2, 0.25) is 0 Å². The van der Waals surface area contributed by atoms with E-state index in [-0.39, 0.29) is 10.8 Å². The van der Waals surface area contributed by atoms with Gasteiger partial charge in [0.05, 0.1) is 16.4 Å². The average molecular weight is 1030 g/mol. The van der Waals surface area contributed by atoms with Crippen LogP contribution in [0.1, 0.15) is 84.7 Å². The van der Waals surface area contributed by atoms with Crippen molar-refractivity contribution in [1.82, 2.24) is 4.57 Å². The van der Waals surface area contributed by atoms with Crippen LogP contribution in [-0.4, -0.2) is 4.57 Å². The normalized spacial score (nSPS) is 14.0. The zero-order valence-electron chi connectivity index (χ0n) is 46.3. The quantitative estimate of drug-likeness (QED) is 0.118. The summed E-state index contributed by atoms with van der Waals surface area (Å²) in [4.78, 5) is 2.44. The Kier molecular flexibility index (Phi) is 12.4. The van der Waals surface area contributed by atoms with Crippen LogP contribution in [0.3, 0.4) is 0 Å². The molecular weight excluding hydrogens is 965 g/mol. The molecule has 0 N–H and O–H groups in total. The lowest BCUT2D eigenvalue weighted by Gasteiger charge is -2.35. The summed E-state index contributed by atoms with van der Waals surface area (Å²) in [7, 11) is 0. The zero-order chi connectivity index (χ0) is 54.8.